The minimum Gasteiger partial charge on any atom is -0.315 e. The molecule has 0 aromatic carbocycles. The van der Waals surface area contributed by atoms with Crippen molar-refractivity contribution >= 4 is 0 Å². The zero-order chi connectivity index (χ0) is 7.57. The lowest BCUT2D eigenvalue weighted by Crippen LogP contribution is -2.48. The lowest BCUT2D eigenvalue weighted by Gasteiger charge is -2.28. The molecule has 2 rings (SSSR count). The van der Waals surface area contributed by atoms with Crippen LogP contribution < -0.4 is 10.6 Å². The van der Waals surface area contributed by atoms with E-state index in [4.69, 9.17) is 0 Å². The van der Waals surface area contributed by atoms with E-state index in [0.717, 1.165) is 0 Å². The highest BCUT2D eigenvalue weighted by Gasteiger charge is 2.33. The summed E-state index contributed by atoms with van der Waals surface area (Å²) in [7, 11) is 0. The third-order valence-corrected chi connectivity index (χ3v) is 3.05. The Labute approximate surface area is 68.7 Å². The summed E-state index contributed by atoms with van der Waals surface area (Å²) in [5.74, 6) is 0. The third kappa shape index (κ3) is 1.57. The molecular weight excluding hydrogens is 136 g/mol. The van der Waals surface area contributed by atoms with Crippen molar-refractivity contribution in [3.8, 4) is 0 Å². The van der Waals surface area contributed by atoms with Crippen molar-refractivity contribution in [3.63, 3.8) is 0 Å². The van der Waals surface area contributed by atoms with Gasteiger partial charge in [-0.2, -0.15) is 0 Å². The quantitative estimate of drug-likeness (QED) is 0.541. The van der Waals surface area contributed by atoms with Crippen molar-refractivity contribution in [2.24, 2.45) is 0 Å². The molecule has 1 saturated heterocycles. The summed E-state index contributed by atoms with van der Waals surface area (Å²) in [6, 6.07) is 0. The molecule has 0 unspecified atom stereocenters. The zero-order valence-corrected chi connectivity index (χ0v) is 7.16. The van der Waals surface area contributed by atoms with E-state index in [9.17, 15) is 0 Å². The molecule has 1 saturated carbocycles. The molecule has 1 aliphatic carbocycles. The molecule has 2 nitrogen and oxygen atoms in total. The number of hydrogen-bond acceptors (Lipinski definition) is 2. The SMILES string of the molecule is C1CNCC2(CCCC2)NC1. The molecule has 2 N–H and O–H groups in total. The van der Waals surface area contributed by atoms with E-state index in [0.29, 0.717) is 5.54 Å². The summed E-state index contributed by atoms with van der Waals surface area (Å²) in [4.78, 5) is 0. The summed E-state index contributed by atoms with van der Waals surface area (Å²) < 4.78 is 0. The number of rotatable bonds is 0. The third-order valence-electron chi connectivity index (χ3n) is 3.05. The largest absolute Gasteiger partial charge is 0.315 e. The molecule has 1 spiro atoms. The van der Waals surface area contributed by atoms with Crippen LogP contribution in [0.4, 0.5) is 0 Å². The Morgan fingerprint density at radius 2 is 1.73 bits per heavy atom. The molecule has 0 bridgehead atoms. The lowest BCUT2D eigenvalue weighted by molar-refractivity contribution is 0.343. The van der Waals surface area contributed by atoms with E-state index in [1.54, 1.807) is 0 Å². The van der Waals surface area contributed by atoms with Crippen LogP contribution in [0, 0.1) is 0 Å². The van der Waals surface area contributed by atoms with Gasteiger partial charge in [0.1, 0.15) is 0 Å². The van der Waals surface area contributed by atoms with Crippen molar-refractivity contribution in [1.82, 2.24) is 10.6 Å². The second-order valence-corrected chi connectivity index (χ2v) is 3.94. The summed E-state index contributed by atoms with van der Waals surface area (Å²) in [5.41, 5.74) is 0.497. The van der Waals surface area contributed by atoms with Gasteiger partial charge in [-0.15, -0.1) is 0 Å². The number of nitrogens with one attached hydrogen (secondary N) is 2. The zero-order valence-electron chi connectivity index (χ0n) is 7.16. The van der Waals surface area contributed by atoms with Crippen LogP contribution in [-0.4, -0.2) is 25.2 Å². The van der Waals surface area contributed by atoms with Gasteiger partial charge in [-0.05, 0) is 32.4 Å². The van der Waals surface area contributed by atoms with Crippen molar-refractivity contribution in [3.05, 3.63) is 0 Å². The second kappa shape index (κ2) is 3.11. The van der Waals surface area contributed by atoms with Crippen LogP contribution in [0.5, 0.6) is 0 Å². The first-order valence-corrected chi connectivity index (χ1v) is 4.87. The van der Waals surface area contributed by atoms with Gasteiger partial charge in [0.2, 0.25) is 0 Å². The second-order valence-electron chi connectivity index (χ2n) is 3.94. The fraction of sp³-hybridized carbons (Fsp3) is 1.00. The van der Waals surface area contributed by atoms with Gasteiger partial charge in [0.15, 0.2) is 0 Å². The first-order chi connectivity index (χ1) is 5.41. The monoisotopic (exact) mass is 154 g/mol. The minimum atomic E-state index is 0.497. The van der Waals surface area contributed by atoms with E-state index >= 15 is 0 Å². The fourth-order valence-electron chi connectivity index (χ4n) is 2.36. The molecule has 1 heterocycles. The standard InChI is InChI=1S/C9H18N2/c1-2-5-9(4-1)8-10-6-3-7-11-9/h10-11H,1-8H2. The van der Waals surface area contributed by atoms with Crippen molar-refractivity contribution in [2.75, 3.05) is 19.6 Å². The smallest absolute Gasteiger partial charge is 0.0306 e. The fourth-order valence-corrected chi connectivity index (χ4v) is 2.36. The Morgan fingerprint density at radius 1 is 0.909 bits per heavy atom. The lowest BCUT2D eigenvalue weighted by atomic mass is 9.98. The molecule has 11 heavy (non-hydrogen) atoms. The maximum absolute atomic E-state index is 3.69. The summed E-state index contributed by atoms with van der Waals surface area (Å²) in [6.07, 6.45) is 6.92. The van der Waals surface area contributed by atoms with E-state index in [1.807, 2.05) is 0 Å². The predicted molar refractivity (Wildman–Crippen MR) is 46.7 cm³/mol. The molecule has 64 valence electrons. The predicted octanol–water partition coefficient (Wildman–Crippen LogP) is 0.882. The average Bonchev–Trinajstić information content (AvgIpc) is 2.32. The first kappa shape index (κ1) is 7.56. The Hall–Kier alpha value is -0.0800. The summed E-state index contributed by atoms with van der Waals surface area (Å²) in [5, 5.41) is 7.21. The van der Waals surface area contributed by atoms with Crippen LogP contribution in [0.2, 0.25) is 0 Å². The Kier molecular flexibility index (Phi) is 2.14. The van der Waals surface area contributed by atoms with Gasteiger partial charge in [0.25, 0.3) is 0 Å². The van der Waals surface area contributed by atoms with Crippen LogP contribution >= 0.6 is 0 Å². The summed E-state index contributed by atoms with van der Waals surface area (Å²) >= 11 is 0. The van der Waals surface area contributed by atoms with Crippen LogP contribution in [0.25, 0.3) is 0 Å². The highest BCUT2D eigenvalue weighted by atomic mass is 15.1. The van der Waals surface area contributed by atoms with E-state index in [1.165, 1.54) is 51.7 Å². The van der Waals surface area contributed by atoms with Gasteiger partial charge in [0, 0.05) is 12.1 Å². The Morgan fingerprint density at radius 3 is 2.55 bits per heavy atom. The van der Waals surface area contributed by atoms with Gasteiger partial charge >= 0.3 is 0 Å². The number of hydrogen-bond donors (Lipinski definition) is 2. The normalized spacial score (nSPS) is 30.5. The van der Waals surface area contributed by atoms with E-state index < -0.39 is 0 Å². The van der Waals surface area contributed by atoms with E-state index in [2.05, 4.69) is 10.6 Å². The highest BCUT2D eigenvalue weighted by molar-refractivity contribution is 4.95. The molecule has 1 aliphatic heterocycles. The Bertz CT molecular complexity index is 118. The van der Waals surface area contributed by atoms with Gasteiger partial charge in [-0.3, -0.25) is 0 Å². The maximum Gasteiger partial charge on any atom is 0.0306 e. The molecule has 2 fully saturated rings. The van der Waals surface area contributed by atoms with Crippen LogP contribution in [0.1, 0.15) is 32.1 Å². The molecule has 0 aromatic rings. The molecule has 0 amide bonds. The molecule has 0 atom stereocenters. The molecule has 2 heteroatoms. The van der Waals surface area contributed by atoms with Crippen LogP contribution in [-0.2, 0) is 0 Å². The Balaban J connectivity index is 1.97. The minimum absolute atomic E-state index is 0.497. The van der Waals surface area contributed by atoms with Crippen LogP contribution in [0.15, 0.2) is 0 Å². The molecular formula is C9H18N2. The molecule has 2 aliphatic rings. The summed E-state index contributed by atoms with van der Waals surface area (Å²) in [6.45, 7) is 3.62. The van der Waals surface area contributed by atoms with Crippen molar-refractivity contribution < 1.29 is 0 Å². The van der Waals surface area contributed by atoms with Crippen molar-refractivity contribution in [2.45, 2.75) is 37.6 Å². The van der Waals surface area contributed by atoms with Gasteiger partial charge in [-0.25, -0.2) is 0 Å². The average molecular weight is 154 g/mol. The van der Waals surface area contributed by atoms with Crippen molar-refractivity contribution in [1.29, 1.82) is 0 Å². The molecule has 0 radical (unpaired) electrons. The van der Waals surface area contributed by atoms with Gasteiger partial charge in [0.05, 0.1) is 0 Å². The van der Waals surface area contributed by atoms with Crippen LogP contribution in [0.3, 0.4) is 0 Å². The van der Waals surface area contributed by atoms with Gasteiger partial charge < -0.3 is 10.6 Å². The highest BCUT2D eigenvalue weighted by Crippen LogP contribution is 2.29. The topological polar surface area (TPSA) is 24.1 Å². The van der Waals surface area contributed by atoms with Gasteiger partial charge in [-0.1, -0.05) is 12.8 Å². The first-order valence-electron chi connectivity index (χ1n) is 4.87. The maximum atomic E-state index is 3.69. The van der Waals surface area contributed by atoms with E-state index in [-0.39, 0.29) is 0 Å². The molecule has 0 aromatic heterocycles.